The van der Waals surface area contributed by atoms with Crippen molar-refractivity contribution in [2.45, 2.75) is 125 Å². The maximum atomic E-state index is 12.0. The first-order valence-electron chi connectivity index (χ1n) is 36.1. The van der Waals surface area contributed by atoms with Crippen LogP contribution < -0.4 is 0 Å². The molecule has 0 heterocycles. The second kappa shape index (κ2) is 221. The number of methoxy groups -OCH3 is 5. The fourth-order valence-corrected chi connectivity index (χ4v) is 3.49. The molecule has 0 aliphatic heterocycles. The molecule has 0 bridgehead atoms. The number of alkyl halides is 45. The Kier molecular flexibility index (Phi) is 338. The smallest absolute Gasteiger partial charge is 0.317 e. The van der Waals surface area contributed by atoms with Crippen molar-refractivity contribution in [2.75, 3.05) is 295 Å². The monoisotopic (exact) mass is 2310 g/mol. The van der Waals surface area contributed by atoms with Gasteiger partial charge >= 0.3 is 41.8 Å². The average molecular weight is 2310 g/mol. The van der Waals surface area contributed by atoms with Gasteiger partial charge in [-0.2, -0.15) is 14.8 Å². The van der Waals surface area contributed by atoms with Gasteiger partial charge in [-0.05, 0) is 131 Å². The van der Waals surface area contributed by atoms with Crippen LogP contribution >= 0.6 is 0 Å². The summed E-state index contributed by atoms with van der Waals surface area (Å²) >= 11 is 0. The van der Waals surface area contributed by atoms with Crippen molar-refractivity contribution < 1.29 is 316 Å². The summed E-state index contributed by atoms with van der Waals surface area (Å²) in [6.45, 7) is -9.77. The molecule has 0 aliphatic rings. The number of esters is 7. The van der Waals surface area contributed by atoms with Crippen LogP contribution in [0.1, 0.15) is 125 Å². The maximum Gasteiger partial charge on any atom is 0.317 e. The van der Waals surface area contributed by atoms with Gasteiger partial charge in [0.15, 0.2) is 20.6 Å². The van der Waals surface area contributed by atoms with Gasteiger partial charge in [0.05, 0.1) is 54.6 Å². The lowest BCUT2D eigenvalue weighted by molar-refractivity contribution is -0.171. The summed E-state index contributed by atoms with van der Waals surface area (Å²) in [5, 5.41) is 0. The van der Waals surface area contributed by atoms with E-state index in [0.717, 1.165) is 0 Å². The standard InChI is InChI=1S/2C13H23FO5.3C7H13FO2.3C2H5FO.3CH2F2O.16CH2F2.2CH3F.CH4/c2*1-12(2,3)10(15)19-9-13(4,8-17-5)11(16)18-7-6-14;3*1-7(2,3)6(9)10-5-4-8;3*1-4-2-3;3*2-1-4-3;16*2-1-3;2*1-2;/h2*6-9H2,1-5H3;3*4-5H2,1-3H3;3*2H2,1H3;3*1H2;16*1H2;2*1H3;1H4. The van der Waals surface area contributed by atoms with Crippen molar-refractivity contribution in [3.63, 3.8) is 0 Å². The van der Waals surface area contributed by atoms with Crippen LogP contribution in [0.15, 0.2) is 0 Å². The number of hydrogen-bond acceptors (Lipinski definition) is 22. The van der Waals surface area contributed by atoms with Gasteiger partial charge in [0.2, 0.25) is 131 Å². The molecule has 70 heteroatoms. The molecule has 916 valence electrons. The molecule has 0 aromatic carbocycles. The minimum absolute atomic E-state index is 0. The first kappa shape index (κ1) is 222. The molecule has 0 amide bonds. The van der Waals surface area contributed by atoms with E-state index in [2.05, 4.69) is 43.2 Å². The predicted molar refractivity (Wildman–Crippen MR) is 441 cm³/mol. The van der Waals surface area contributed by atoms with Gasteiger partial charge < -0.3 is 56.8 Å². The molecular formula is C75H148F48O22. The van der Waals surface area contributed by atoms with Gasteiger partial charge in [0.1, 0.15) is 90.5 Å². The number of hydrogen-bond donors (Lipinski definition) is 0. The topological polar surface area (TPSA) is 258 Å². The van der Waals surface area contributed by atoms with Gasteiger partial charge in [-0.25, -0.2) is 189 Å². The fraction of sp³-hybridized carbons (Fsp3) is 0.907. The highest BCUT2D eigenvalue weighted by Crippen LogP contribution is 2.25. The van der Waals surface area contributed by atoms with E-state index >= 15 is 0 Å². The molecule has 0 saturated carbocycles. The zero-order chi connectivity index (χ0) is 123. The number of halogens is 48. The van der Waals surface area contributed by atoms with E-state index in [0.29, 0.717) is 14.4 Å². The molecule has 2 unspecified atom stereocenters. The van der Waals surface area contributed by atoms with Crippen molar-refractivity contribution in [3.05, 3.63) is 0 Å². The lowest BCUT2D eigenvalue weighted by Crippen LogP contribution is -2.41. The Morgan fingerprint density at radius 3 is 0.331 bits per heavy atom. The Morgan fingerprint density at radius 1 is 0.172 bits per heavy atom. The van der Waals surface area contributed by atoms with Crippen LogP contribution in [0.25, 0.3) is 0 Å². The molecule has 22 nitrogen and oxygen atoms in total. The largest absolute Gasteiger partial charge is 0.464 e. The number of ether oxygens (including phenoxy) is 12. The highest BCUT2D eigenvalue weighted by molar-refractivity contribution is 5.80. The second-order valence-electron chi connectivity index (χ2n) is 24.0. The maximum absolute atomic E-state index is 12.0. The summed E-state index contributed by atoms with van der Waals surface area (Å²) in [6.07, 6.45) is 0. The number of carbonyl (C=O) groups excluding carboxylic acids is 7. The Hall–Kier alpha value is -7.39. The summed E-state index contributed by atoms with van der Waals surface area (Å²) in [4.78, 5) is 86.6. The minimum Gasteiger partial charge on any atom is -0.464 e. The van der Waals surface area contributed by atoms with Crippen molar-refractivity contribution in [3.8, 4) is 0 Å². The van der Waals surface area contributed by atoms with Crippen molar-refractivity contribution in [1.82, 2.24) is 0 Å². The normalized spacial score (nSPS) is 9.46. The first-order valence-corrected chi connectivity index (χ1v) is 36.1. The Bertz CT molecular complexity index is 1800. The van der Waals surface area contributed by atoms with E-state index in [4.69, 9.17) is 28.4 Å². The summed E-state index contributed by atoms with van der Waals surface area (Å²) in [5.74, 6) is -3.20. The van der Waals surface area contributed by atoms with Crippen LogP contribution in [0.4, 0.5) is 211 Å². The van der Waals surface area contributed by atoms with Gasteiger partial charge in [0, 0.05) is 35.5 Å². The van der Waals surface area contributed by atoms with Crippen LogP contribution in [0.2, 0.25) is 0 Å². The SMILES string of the molecule is C.CC(C)(C)C(=O)OCCF.CC(C)(C)C(=O)OCCF.CC(C)(C)C(=O)OCCF.CF.CF.COCC(C)(COC(=O)C(C)(C)C)C(=O)OCCF.COCC(C)(COC(=O)C(C)(C)C)C(=O)OCCF.COCF.COCF.COCF.FCF.FCF.FCF.FCF.FCF.FCF.FCF.FCF.FCF.FCF.FCF.FCF.FCF.FCF.FCF.FCF.FCOF.FCOF.FCOF. The zero-order valence-electron chi connectivity index (χ0n) is 83.6. The summed E-state index contributed by atoms with van der Waals surface area (Å²) in [6, 6.07) is 0. The molecule has 0 rings (SSSR count). The summed E-state index contributed by atoms with van der Waals surface area (Å²) < 4.78 is 532. The van der Waals surface area contributed by atoms with Crippen molar-refractivity contribution in [2.24, 2.45) is 37.9 Å². The lowest BCUT2D eigenvalue weighted by Gasteiger charge is -2.27. The molecule has 0 aromatic rings. The molecule has 0 radical (unpaired) electrons. The fourth-order valence-electron chi connectivity index (χ4n) is 3.49. The van der Waals surface area contributed by atoms with E-state index < -0.39 is 247 Å². The van der Waals surface area contributed by atoms with E-state index in [1.54, 1.807) is 118 Å². The molecule has 0 N–H and O–H groups in total. The van der Waals surface area contributed by atoms with Crippen molar-refractivity contribution >= 4 is 41.8 Å². The van der Waals surface area contributed by atoms with E-state index in [1.807, 2.05) is 0 Å². The summed E-state index contributed by atoms with van der Waals surface area (Å²) in [5.41, 5.74) is -5.14. The Morgan fingerprint density at radius 2 is 0.262 bits per heavy atom. The van der Waals surface area contributed by atoms with Crippen LogP contribution in [0, 0.1) is 37.9 Å². The third-order valence-electron chi connectivity index (χ3n) is 8.02. The predicted octanol–water partition coefficient (Wildman–Crippen LogP) is 28.2. The molecule has 0 spiro atoms. The van der Waals surface area contributed by atoms with Gasteiger partial charge in [-0.15, -0.1) is 0 Å². The van der Waals surface area contributed by atoms with Gasteiger partial charge in [0.25, 0.3) is 0 Å². The van der Waals surface area contributed by atoms with Gasteiger partial charge in [-0.3, -0.25) is 42.3 Å². The lowest BCUT2D eigenvalue weighted by atomic mass is 9.92. The molecule has 2 atom stereocenters. The summed E-state index contributed by atoms with van der Waals surface area (Å²) in [7, 11) is 7.76. The first-order chi connectivity index (χ1) is 66.9. The third-order valence-corrected chi connectivity index (χ3v) is 8.02. The second-order valence-corrected chi connectivity index (χ2v) is 24.0. The third kappa shape index (κ3) is 381. The average Bonchev–Trinajstić information content (AvgIpc) is 0.851. The quantitative estimate of drug-likeness (QED) is 0.0443. The highest BCUT2D eigenvalue weighted by Gasteiger charge is 2.40. The van der Waals surface area contributed by atoms with Gasteiger partial charge in [-0.1, -0.05) is 7.43 Å². The molecule has 0 saturated heterocycles. The van der Waals surface area contributed by atoms with Crippen molar-refractivity contribution in [1.29, 1.82) is 0 Å². The zero-order valence-corrected chi connectivity index (χ0v) is 83.6. The van der Waals surface area contributed by atoms with E-state index in [1.165, 1.54) is 35.5 Å². The molecule has 0 aromatic heterocycles. The van der Waals surface area contributed by atoms with Crippen LogP contribution in [0.5, 0.6) is 0 Å². The Labute approximate surface area is 814 Å². The molecule has 0 aliphatic carbocycles. The molecular weight excluding hydrogens is 2160 g/mol. The molecule has 0 fully saturated rings. The highest BCUT2D eigenvalue weighted by atomic mass is 19.3. The van der Waals surface area contributed by atoms with Crippen LogP contribution in [0.3, 0.4) is 0 Å². The number of carbonyl (C=O) groups is 7. The number of rotatable bonds is 26. The Balaban J connectivity index is -0.0000000350. The van der Waals surface area contributed by atoms with E-state index in [-0.39, 0.29) is 84.8 Å². The minimum atomic E-state index is -1.75. The van der Waals surface area contributed by atoms with Crippen LogP contribution in [-0.4, -0.2) is 337 Å². The van der Waals surface area contributed by atoms with Crippen LogP contribution in [-0.2, 0) is 105 Å². The van der Waals surface area contributed by atoms with E-state index in [9.17, 15) is 245 Å². The molecule has 145 heavy (non-hydrogen) atoms.